The summed E-state index contributed by atoms with van der Waals surface area (Å²) in [6.45, 7) is 25.8. The van der Waals surface area contributed by atoms with Crippen LogP contribution in [0, 0.1) is 11.3 Å². The van der Waals surface area contributed by atoms with E-state index >= 15 is 0 Å². The smallest absolute Gasteiger partial charge is 0.0322 e. The number of hydrogen-bond donors (Lipinski definition) is 0. The predicted molar refractivity (Wildman–Crippen MR) is 137 cm³/mol. The van der Waals surface area contributed by atoms with E-state index in [-0.39, 0.29) is 0 Å². The number of allylic oxidation sites excluding steroid dienone is 3. The Balaban J connectivity index is -0.000000130. The van der Waals surface area contributed by atoms with Crippen molar-refractivity contribution in [2.45, 2.75) is 146 Å². The Morgan fingerprint density at radius 1 is 0.750 bits per heavy atom. The summed E-state index contributed by atoms with van der Waals surface area (Å²) >= 11 is 0. The highest BCUT2D eigenvalue weighted by Crippen LogP contribution is 2.16. The molecule has 0 aromatic heterocycles. The van der Waals surface area contributed by atoms with Crippen molar-refractivity contribution in [3.63, 3.8) is 0 Å². The van der Waals surface area contributed by atoms with Crippen LogP contribution in [0.15, 0.2) is 24.8 Å². The van der Waals surface area contributed by atoms with Gasteiger partial charge in [-0.25, -0.2) is 0 Å². The average molecular weight is 397 g/mol. The minimum Gasteiger partial charge on any atom is -0.103 e. The lowest BCUT2D eigenvalue weighted by Gasteiger charge is -2.12. The minimum atomic E-state index is 0.542. The molecule has 1 aliphatic carbocycles. The zero-order valence-corrected chi connectivity index (χ0v) is 22.0. The molecule has 0 heterocycles. The lowest BCUT2D eigenvalue weighted by molar-refractivity contribution is 0.398. The maximum Gasteiger partial charge on any atom is -0.0322 e. The van der Waals surface area contributed by atoms with Crippen LogP contribution in [0.5, 0.6) is 0 Å². The van der Waals surface area contributed by atoms with Gasteiger partial charge in [0.05, 0.1) is 0 Å². The Morgan fingerprint density at radius 2 is 1.14 bits per heavy atom. The van der Waals surface area contributed by atoms with Gasteiger partial charge in [0.25, 0.3) is 0 Å². The van der Waals surface area contributed by atoms with E-state index in [1.54, 1.807) is 0 Å². The van der Waals surface area contributed by atoms with Gasteiger partial charge in [-0.2, -0.15) is 0 Å². The van der Waals surface area contributed by atoms with E-state index < -0.39 is 0 Å². The SMILES string of the molecule is C=CCCC.CC1CC=CC1.CCC(C)(C)C.CCCC.CCCCCCC. The molecule has 0 aromatic rings. The van der Waals surface area contributed by atoms with E-state index in [1.807, 2.05) is 6.08 Å². The molecule has 0 atom stereocenters. The molecule has 0 aromatic carbocycles. The molecule has 0 heteroatoms. The molecule has 0 N–H and O–H groups in total. The number of rotatable bonds is 7. The highest BCUT2D eigenvalue weighted by atomic mass is 14.1. The Bertz CT molecular complexity index is 252. The van der Waals surface area contributed by atoms with Gasteiger partial charge in [0.1, 0.15) is 0 Å². The largest absolute Gasteiger partial charge is 0.103 e. The van der Waals surface area contributed by atoms with Gasteiger partial charge in [-0.3, -0.25) is 0 Å². The molecule has 0 aliphatic heterocycles. The fourth-order valence-corrected chi connectivity index (χ4v) is 1.63. The molecule has 172 valence electrons. The third-order valence-corrected chi connectivity index (χ3v) is 4.50. The van der Waals surface area contributed by atoms with Gasteiger partial charge in [0.2, 0.25) is 0 Å². The summed E-state index contributed by atoms with van der Waals surface area (Å²) in [7, 11) is 0. The minimum absolute atomic E-state index is 0.542. The molecule has 0 fully saturated rings. The summed E-state index contributed by atoms with van der Waals surface area (Å²) in [6.07, 6.45) is 22.3. The van der Waals surface area contributed by atoms with Crippen LogP contribution < -0.4 is 0 Å². The van der Waals surface area contributed by atoms with Crippen LogP contribution in [0.3, 0.4) is 0 Å². The monoisotopic (exact) mass is 396 g/mol. The second kappa shape index (κ2) is 31.2. The first-order chi connectivity index (χ1) is 13.2. The molecule has 0 bridgehead atoms. The van der Waals surface area contributed by atoms with E-state index in [0.717, 1.165) is 12.3 Å². The van der Waals surface area contributed by atoms with Crippen molar-refractivity contribution in [3.8, 4) is 0 Å². The van der Waals surface area contributed by atoms with Crippen molar-refractivity contribution < 1.29 is 0 Å². The number of hydrogen-bond acceptors (Lipinski definition) is 0. The van der Waals surface area contributed by atoms with Gasteiger partial charge in [-0.1, -0.05) is 145 Å². The van der Waals surface area contributed by atoms with Gasteiger partial charge in [0, 0.05) is 0 Å². The molecule has 0 unspecified atom stereocenters. The third kappa shape index (κ3) is 56.2. The maximum atomic E-state index is 3.55. The van der Waals surface area contributed by atoms with Crippen LogP contribution in [0.4, 0.5) is 0 Å². The van der Waals surface area contributed by atoms with Crippen LogP contribution >= 0.6 is 0 Å². The maximum absolute atomic E-state index is 3.55. The predicted octanol–water partition coefficient (Wildman–Crippen LogP) is 11.2. The molecule has 0 spiro atoms. The molecule has 1 aliphatic rings. The van der Waals surface area contributed by atoms with Gasteiger partial charge in [0.15, 0.2) is 0 Å². The normalized spacial score (nSPS) is 12.2. The molecule has 28 heavy (non-hydrogen) atoms. The standard InChI is InChI=1S/C7H16.C6H10.C6H14.C5H10.C4H10/c1-3-5-7-6-4-2;1-6-4-2-3-5-6;1-5-6(2,3)4;1-3-5-4-2;1-3-4-2/h3-7H2,1-2H3;2-3,6H,4-5H2,1H3;5H2,1-4H3;3H,1,4-5H2,2H3;3-4H2,1-2H3. The van der Waals surface area contributed by atoms with E-state index in [0.29, 0.717) is 5.41 Å². The molecule has 0 saturated carbocycles. The van der Waals surface area contributed by atoms with Crippen LogP contribution in [-0.2, 0) is 0 Å². The zero-order valence-electron chi connectivity index (χ0n) is 22.0. The van der Waals surface area contributed by atoms with Crippen LogP contribution in [0.2, 0.25) is 0 Å². The van der Waals surface area contributed by atoms with Crippen LogP contribution in [0.25, 0.3) is 0 Å². The Hall–Kier alpha value is -0.520. The van der Waals surface area contributed by atoms with Crippen molar-refractivity contribution in [1.82, 2.24) is 0 Å². The summed E-state index contributed by atoms with van der Waals surface area (Å²) in [5, 5.41) is 0. The van der Waals surface area contributed by atoms with Crippen LogP contribution in [0.1, 0.15) is 146 Å². The molecule has 0 saturated heterocycles. The fourth-order valence-electron chi connectivity index (χ4n) is 1.63. The van der Waals surface area contributed by atoms with E-state index in [1.165, 1.54) is 70.6 Å². The Labute approximate surface area is 182 Å². The summed E-state index contributed by atoms with van der Waals surface area (Å²) in [4.78, 5) is 0. The second-order valence-electron chi connectivity index (χ2n) is 9.10. The van der Waals surface area contributed by atoms with Crippen molar-refractivity contribution >= 4 is 0 Å². The fraction of sp³-hybridized carbons (Fsp3) is 0.857. The molecule has 0 amide bonds. The van der Waals surface area contributed by atoms with Gasteiger partial charge < -0.3 is 0 Å². The quantitative estimate of drug-likeness (QED) is 0.296. The Morgan fingerprint density at radius 3 is 1.25 bits per heavy atom. The lowest BCUT2D eigenvalue weighted by Crippen LogP contribution is -2.00. The topological polar surface area (TPSA) is 0 Å². The summed E-state index contributed by atoms with van der Waals surface area (Å²) in [5.41, 5.74) is 0.542. The van der Waals surface area contributed by atoms with Gasteiger partial charge >= 0.3 is 0 Å². The highest BCUT2D eigenvalue weighted by molar-refractivity contribution is 4.92. The van der Waals surface area contributed by atoms with E-state index in [4.69, 9.17) is 0 Å². The molecule has 0 nitrogen and oxygen atoms in total. The number of unbranched alkanes of at least 4 members (excludes halogenated alkanes) is 6. The zero-order chi connectivity index (χ0) is 22.7. The average Bonchev–Trinajstić information content (AvgIpc) is 3.15. The van der Waals surface area contributed by atoms with Crippen LogP contribution in [-0.4, -0.2) is 0 Å². The third-order valence-electron chi connectivity index (χ3n) is 4.50. The first-order valence-corrected chi connectivity index (χ1v) is 12.5. The first kappa shape index (κ1) is 35.0. The molecular weight excluding hydrogens is 336 g/mol. The second-order valence-corrected chi connectivity index (χ2v) is 9.10. The van der Waals surface area contributed by atoms with Crippen molar-refractivity contribution in [1.29, 1.82) is 0 Å². The first-order valence-electron chi connectivity index (χ1n) is 12.5. The van der Waals surface area contributed by atoms with E-state index in [9.17, 15) is 0 Å². The molecular formula is C28H60. The highest BCUT2D eigenvalue weighted by Gasteiger charge is 2.03. The summed E-state index contributed by atoms with van der Waals surface area (Å²) < 4.78 is 0. The van der Waals surface area contributed by atoms with Crippen molar-refractivity contribution in [2.24, 2.45) is 11.3 Å². The molecule has 0 radical (unpaired) electrons. The van der Waals surface area contributed by atoms with Gasteiger partial charge in [-0.05, 0) is 30.6 Å². The molecule has 1 rings (SSSR count). The van der Waals surface area contributed by atoms with Crippen molar-refractivity contribution in [3.05, 3.63) is 24.8 Å². The van der Waals surface area contributed by atoms with Crippen molar-refractivity contribution in [2.75, 3.05) is 0 Å². The summed E-state index contributed by atoms with van der Waals surface area (Å²) in [6, 6.07) is 0. The van der Waals surface area contributed by atoms with E-state index in [2.05, 4.69) is 88.0 Å². The summed E-state index contributed by atoms with van der Waals surface area (Å²) in [5.74, 6) is 0.935. The van der Waals surface area contributed by atoms with Gasteiger partial charge in [-0.15, -0.1) is 6.58 Å². The Kier molecular flexibility index (Phi) is 38.9. The lowest BCUT2D eigenvalue weighted by atomic mass is 9.94.